The zero-order valence-corrected chi connectivity index (χ0v) is 17.5. The summed E-state index contributed by atoms with van der Waals surface area (Å²) in [4.78, 5) is 12.9. The van der Waals surface area contributed by atoms with Gasteiger partial charge >= 0.3 is 0 Å². The van der Waals surface area contributed by atoms with E-state index < -0.39 is 0 Å². The van der Waals surface area contributed by atoms with E-state index in [9.17, 15) is 4.79 Å². The molecule has 0 unspecified atom stereocenters. The third-order valence-corrected chi connectivity index (χ3v) is 5.73. The summed E-state index contributed by atoms with van der Waals surface area (Å²) in [5.41, 5.74) is 5.26. The number of carbonyl (C=O) groups is 1. The SMILES string of the molecule is C1CNC1.CCc1ccc(C)c(C2(NC(=O)c3cc(OC)ccc3C)CC2)c1. The Kier molecular flexibility index (Phi) is 6.40. The Morgan fingerprint density at radius 1 is 1.11 bits per heavy atom. The molecule has 2 N–H and O–H groups in total. The molecule has 150 valence electrons. The van der Waals surface area contributed by atoms with Gasteiger partial charge in [-0.1, -0.05) is 31.2 Å². The third kappa shape index (κ3) is 4.56. The molecule has 1 amide bonds. The predicted octanol–water partition coefficient (Wildman–Crippen LogP) is 4.27. The predicted molar refractivity (Wildman–Crippen MR) is 114 cm³/mol. The smallest absolute Gasteiger partial charge is 0.252 e. The van der Waals surface area contributed by atoms with Crippen molar-refractivity contribution in [3.05, 3.63) is 64.2 Å². The standard InChI is InChI=1S/C21H25NO2.C3H7N/c1-5-16-8-6-15(3)19(12-16)21(10-11-21)22-20(23)18-13-17(24-4)9-7-14(18)2;1-2-4-3-1/h6-9,12-13H,5,10-11H2,1-4H3,(H,22,23);4H,1-3H2. The van der Waals surface area contributed by atoms with Crippen LogP contribution in [0.15, 0.2) is 36.4 Å². The molecule has 2 aliphatic rings. The van der Waals surface area contributed by atoms with Crippen molar-refractivity contribution in [1.29, 1.82) is 0 Å². The average molecular weight is 381 g/mol. The number of hydrogen-bond donors (Lipinski definition) is 2. The van der Waals surface area contributed by atoms with E-state index in [0.717, 1.165) is 24.8 Å². The molecule has 0 spiro atoms. The van der Waals surface area contributed by atoms with Gasteiger partial charge in [-0.05, 0) is 87.0 Å². The molecule has 4 nitrogen and oxygen atoms in total. The second kappa shape index (κ2) is 8.78. The Morgan fingerprint density at radius 3 is 2.29 bits per heavy atom. The average Bonchev–Trinajstić information content (AvgIpc) is 3.41. The maximum Gasteiger partial charge on any atom is 0.252 e. The number of rotatable bonds is 5. The van der Waals surface area contributed by atoms with Gasteiger partial charge < -0.3 is 15.4 Å². The van der Waals surface area contributed by atoms with Crippen LogP contribution < -0.4 is 15.4 Å². The summed E-state index contributed by atoms with van der Waals surface area (Å²) in [6.45, 7) is 8.74. The van der Waals surface area contributed by atoms with Crippen molar-refractivity contribution < 1.29 is 9.53 Å². The summed E-state index contributed by atoms with van der Waals surface area (Å²) in [6.07, 6.45) is 4.39. The third-order valence-electron chi connectivity index (χ3n) is 5.73. The summed E-state index contributed by atoms with van der Waals surface area (Å²) in [5.74, 6) is 0.685. The van der Waals surface area contributed by atoms with Crippen molar-refractivity contribution in [2.75, 3.05) is 20.2 Å². The highest BCUT2D eigenvalue weighted by molar-refractivity contribution is 5.96. The van der Waals surface area contributed by atoms with Crippen molar-refractivity contribution in [1.82, 2.24) is 10.6 Å². The molecule has 2 fully saturated rings. The first kappa shape index (κ1) is 20.4. The number of methoxy groups -OCH3 is 1. The number of aryl methyl sites for hydroxylation is 3. The molecule has 0 atom stereocenters. The van der Waals surface area contributed by atoms with Crippen LogP contribution in [0.25, 0.3) is 0 Å². The summed E-state index contributed by atoms with van der Waals surface area (Å²) < 4.78 is 5.26. The van der Waals surface area contributed by atoms with Gasteiger partial charge in [-0.25, -0.2) is 0 Å². The second-order valence-electron chi connectivity index (χ2n) is 7.82. The quantitative estimate of drug-likeness (QED) is 0.814. The fourth-order valence-electron chi connectivity index (χ4n) is 3.43. The maximum absolute atomic E-state index is 12.9. The van der Waals surface area contributed by atoms with E-state index in [2.05, 4.69) is 42.7 Å². The van der Waals surface area contributed by atoms with Crippen LogP contribution in [0.2, 0.25) is 0 Å². The van der Waals surface area contributed by atoms with Crippen molar-refractivity contribution >= 4 is 5.91 Å². The largest absolute Gasteiger partial charge is 0.497 e. The van der Waals surface area contributed by atoms with Gasteiger partial charge in [0.2, 0.25) is 0 Å². The molecule has 0 aromatic heterocycles. The molecular weight excluding hydrogens is 348 g/mol. The number of nitrogens with one attached hydrogen (secondary N) is 2. The van der Waals surface area contributed by atoms with Gasteiger partial charge in [-0.15, -0.1) is 0 Å². The van der Waals surface area contributed by atoms with E-state index in [1.807, 2.05) is 25.1 Å². The Balaban J connectivity index is 0.000000500. The Labute approximate surface area is 168 Å². The zero-order valence-electron chi connectivity index (χ0n) is 17.5. The zero-order chi connectivity index (χ0) is 20.1. The summed E-state index contributed by atoms with van der Waals surface area (Å²) in [7, 11) is 1.62. The highest BCUT2D eigenvalue weighted by Crippen LogP contribution is 2.47. The molecule has 0 radical (unpaired) electrons. The number of carbonyl (C=O) groups excluding carboxylic acids is 1. The lowest BCUT2D eigenvalue weighted by Gasteiger charge is -2.22. The van der Waals surface area contributed by atoms with Crippen LogP contribution in [0.4, 0.5) is 0 Å². The molecule has 0 bridgehead atoms. The highest BCUT2D eigenvalue weighted by atomic mass is 16.5. The molecule has 1 aliphatic heterocycles. The van der Waals surface area contributed by atoms with Crippen molar-refractivity contribution in [3.63, 3.8) is 0 Å². The lowest BCUT2D eigenvalue weighted by Crippen LogP contribution is -2.35. The minimum Gasteiger partial charge on any atom is -0.497 e. The molecule has 28 heavy (non-hydrogen) atoms. The van der Waals surface area contributed by atoms with E-state index >= 15 is 0 Å². The lowest BCUT2D eigenvalue weighted by atomic mass is 9.95. The van der Waals surface area contributed by atoms with Crippen LogP contribution in [-0.2, 0) is 12.0 Å². The van der Waals surface area contributed by atoms with Crippen molar-refractivity contribution in [3.8, 4) is 5.75 Å². The number of hydrogen-bond acceptors (Lipinski definition) is 3. The van der Waals surface area contributed by atoms with Gasteiger partial charge in [-0.2, -0.15) is 0 Å². The first-order chi connectivity index (χ1) is 13.5. The summed E-state index contributed by atoms with van der Waals surface area (Å²) in [5, 5.41) is 6.40. The number of amides is 1. The molecular formula is C24H32N2O2. The van der Waals surface area contributed by atoms with Crippen molar-refractivity contribution in [2.45, 2.75) is 52.0 Å². The van der Waals surface area contributed by atoms with Crippen LogP contribution in [0.3, 0.4) is 0 Å². The van der Waals surface area contributed by atoms with Crippen LogP contribution in [0, 0.1) is 13.8 Å². The molecule has 1 aliphatic carbocycles. The van der Waals surface area contributed by atoms with Crippen LogP contribution in [-0.4, -0.2) is 26.1 Å². The van der Waals surface area contributed by atoms with Gasteiger partial charge in [-0.3, -0.25) is 4.79 Å². The van der Waals surface area contributed by atoms with Gasteiger partial charge in [0.05, 0.1) is 12.6 Å². The molecule has 4 rings (SSSR count). The van der Waals surface area contributed by atoms with Crippen LogP contribution >= 0.6 is 0 Å². The van der Waals surface area contributed by atoms with Crippen LogP contribution in [0.5, 0.6) is 5.75 Å². The highest BCUT2D eigenvalue weighted by Gasteiger charge is 2.46. The Bertz CT molecular complexity index is 832. The molecule has 2 aromatic carbocycles. The van der Waals surface area contributed by atoms with Crippen molar-refractivity contribution in [2.24, 2.45) is 0 Å². The molecule has 1 saturated carbocycles. The minimum absolute atomic E-state index is 0.0230. The topological polar surface area (TPSA) is 50.4 Å². The van der Waals surface area contributed by atoms with Crippen LogP contribution in [0.1, 0.15) is 58.8 Å². The van der Waals surface area contributed by atoms with Gasteiger partial charge in [0.1, 0.15) is 5.75 Å². The van der Waals surface area contributed by atoms with E-state index in [-0.39, 0.29) is 11.4 Å². The first-order valence-electron chi connectivity index (χ1n) is 10.3. The molecule has 1 saturated heterocycles. The molecule has 1 heterocycles. The lowest BCUT2D eigenvalue weighted by molar-refractivity contribution is 0.0929. The van der Waals surface area contributed by atoms with Gasteiger partial charge in [0.15, 0.2) is 0 Å². The maximum atomic E-state index is 12.9. The Hall–Kier alpha value is -2.33. The fraction of sp³-hybridized carbons (Fsp3) is 0.458. The van der Waals surface area contributed by atoms with E-state index in [1.165, 1.54) is 36.2 Å². The van der Waals surface area contributed by atoms with Gasteiger partial charge in [0, 0.05) is 5.56 Å². The van der Waals surface area contributed by atoms with E-state index in [0.29, 0.717) is 11.3 Å². The van der Waals surface area contributed by atoms with Gasteiger partial charge in [0.25, 0.3) is 5.91 Å². The summed E-state index contributed by atoms with van der Waals surface area (Å²) >= 11 is 0. The second-order valence-corrected chi connectivity index (χ2v) is 7.82. The molecule has 2 aromatic rings. The normalized spacial score (nSPS) is 16.3. The monoisotopic (exact) mass is 380 g/mol. The first-order valence-corrected chi connectivity index (χ1v) is 10.3. The Morgan fingerprint density at radius 2 is 1.75 bits per heavy atom. The molecule has 4 heteroatoms. The van der Waals surface area contributed by atoms with E-state index in [4.69, 9.17) is 4.74 Å². The summed E-state index contributed by atoms with van der Waals surface area (Å²) in [6, 6.07) is 12.2. The fourth-order valence-corrected chi connectivity index (χ4v) is 3.43. The van der Waals surface area contributed by atoms with E-state index in [1.54, 1.807) is 7.11 Å². The minimum atomic E-state index is -0.206. The number of ether oxygens (including phenoxy) is 1. The number of benzene rings is 2.